The number of nitriles is 1. The van der Waals surface area contributed by atoms with E-state index in [0.29, 0.717) is 12.2 Å². The maximum Gasteiger partial charge on any atom is 0.101 e. The fourth-order valence-electron chi connectivity index (χ4n) is 1.86. The molecule has 0 radical (unpaired) electrons. The van der Waals surface area contributed by atoms with Crippen molar-refractivity contribution in [2.75, 3.05) is 6.61 Å². The van der Waals surface area contributed by atoms with Gasteiger partial charge >= 0.3 is 0 Å². The Bertz CT molecular complexity index is 404. The molecule has 3 nitrogen and oxygen atoms in total. The van der Waals surface area contributed by atoms with Crippen LogP contribution in [0.25, 0.3) is 0 Å². The molecule has 0 N–H and O–H groups in total. The summed E-state index contributed by atoms with van der Waals surface area (Å²) in [7, 11) is 0. The molecule has 0 amide bonds. The number of rotatable bonds is 0. The summed E-state index contributed by atoms with van der Waals surface area (Å²) in [6.45, 7) is 4.69. The van der Waals surface area contributed by atoms with E-state index in [9.17, 15) is 0 Å². The van der Waals surface area contributed by atoms with Gasteiger partial charge in [0.25, 0.3) is 0 Å². The summed E-state index contributed by atoms with van der Waals surface area (Å²) in [6.07, 6.45) is 4.24. The Kier molecular flexibility index (Phi) is 2.01. The van der Waals surface area contributed by atoms with E-state index in [1.54, 1.807) is 12.4 Å². The Morgan fingerprint density at radius 3 is 3.00 bits per heavy atom. The predicted octanol–water partition coefficient (Wildman–Crippen LogP) is 1.76. The van der Waals surface area contributed by atoms with Crippen LogP contribution in [0.1, 0.15) is 30.5 Å². The highest BCUT2D eigenvalue weighted by molar-refractivity contribution is 5.43. The SMILES string of the molecule is CC1(C)OCCc2c(C#N)cncc21. The Balaban J connectivity index is 2.62. The van der Waals surface area contributed by atoms with Crippen molar-refractivity contribution in [3.05, 3.63) is 29.1 Å². The van der Waals surface area contributed by atoms with Gasteiger partial charge in [0.05, 0.1) is 17.8 Å². The van der Waals surface area contributed by atoms with Gasteiger partial charge in [-0.25, -0.2) is 0 Å². The average Bonchev–Trinajstić information content (AvgIpc) is 2.17. The molecule has 0 unspecified atom stereocenters. The van der Waals surface area contributed by atoms with Gasteiger partial charge in [0.15, 0.2) is 0 Å². The van der Waals surface area contributed by atoms with Crippen molar-refractivity contribution < 1.29 is 4.74 Å². The zero-order valence-electron chi connectivity index (χ0n) is 8.37. The maximum absolute atomic E-state index is 8.93. The van der Waals surface area contributed by atoms with E-state index < -0.39 is 0 Å². The number of hydrogen-bond donors (Lipinski definition) is 0. The van der Waals surface area contributed by atoms with E-state index in [4.69, 9.17) is 10.00 Å². The maximum atomic E-state index is 8.93. The van der Waals surface area contributed by atoms with Crippen LogP contribution in [0.2, 0.25) is 0 Å². The summed E-state index contributed by atoms with van der Waals surface area (Å²) in [4.78, 5) is 4.06. The molecule has 2 heterocycles. The molecule has 2 rings (SSSR count). The van der Waals surface area contributed by atoms with Crippen LogP contribution in [0.5, 0.6) is 0 Å². The lowest BCUT2D eigenvalue weighted by molar-refractivity contribution is -0.0318. The quantitative estimate of drug-likeness (QED) is 0.623. The highest BCUT2D eigenvalue weighted by Gasteiger charge is 2.29. The molecule has 0 fully saturated rings. The molecule has 0 saturated heterocycles. The Hall–Kier alpha value is -1.40. The summed E-state index contributed by atoms with van der Waals surface area (Å²) in [5.41, 5.74) is 2.51. The number of fused-ring (bicyclic) bond motifs is 1. The predicted molar refractivity (Wildman–Crippen MR) is 51.6 cm³/mol. The summed E-state index contributed by atoms with van der Waals surface area (Å²) in [5, 5.41) is 8.93. The summed E-state index contributed by atoms with van der Waals surface area (Å²) in [6, 6.07) is 2.17. The van der Waals surface area contributed by atoms with Crippen LogP contribution in [0.15, 0.2) is 12.4 Å². The topological polar surface area (TPSA) is 45.9 Å². The van der Waals surface area contributed by atoms with Gasteiger partial charge in [-0.15, -0.1) is 0 Å². The fraction of sp³-hybridized carbons (Fsp3) is 0.455. The normalized spacial score (nSPS) is 18.4. The highest BCUT2D eigenvalue weighted by Crippen LogP contribution is 2.32. The number of aromatic nitrogens is 1. The molecule has 0 bridgehead atoms. The van der Waals surface area contributed by atoms with Crippen LogP contribution in [0.4, 0.5) is 0 Å². The molecule has 0 atom stereocenters. The number of hydrogen-bond acceptors (Lipinski definition) is 3. The average molecular weight is 188 g/mol. The van der Waals surface area contributed by atoms with E-state index in [0.717, 1.165) is 17.5 Å². The van der Waals surface area contributed by atoms with Gasteiger partial charge in [0.2, 0.25) is 0 Å². The van der Waals surface area contributed by atoms with Crippen molar-refractivity contribution in [3.63, 3.8) is 0 Å². The highest BCUT2D eigenvalue weighted by atomic mass is 16.5. The van der Waals surface area contributed by atoms with E-state index in [-0.39, 0.29) is 5.60 Å². The molecule has 72 valence electrons. The first-order chi connectivity index (χ1) is 6.65. The zero-order chi connectivity index (χ0) is 10.2. The van der Waals surface area contributed by atoms with Crippen molar-refractivity contribution in [1.82, 2.24) is 4.98 Å². The van der Waals surface area contributed by atoms with Crippen LogP contribution < -0.4 is 0 Å². The lowest BCUT2D eigenvalue weighted by Gasteiger charge is -2.32. The van der Waals surface area contributed by atoms with Gasteiger partial charge in [-0.1, -0.05) is 0 Å². The zero-order valence-corrected chi connectivity index (χ0v) is 8.37. The van der Waals surface area contributed by atoms with Crippen LogP contribution in [0, 0.1) is 11.3 Å². The molecule has 0 saturated carbocycles. The fourth-order valence-corrected chi connectivity index (χ4v) is 1.86. The molecule has 0 aromatic carbocycles. The third-order valence-electron chi connectivity index (χ3n) is 2.64. The smallest absolute Gasteiger partial charge is 0.101 e. The number of pyridine rings is 1. The Labute approximate surface area is 83.3 Å². The lowest BCUT2D eigenvalue weighted by atomic mass is 9.89. The van der Waals surface area contributed by atoms with Gasteiger partial charge in [-0.05, 0) is 25.8 Å². The minimum absolute atomic E-state index is 0.312. The summed E-state index contributed by atoms with van der Waals surface area (Å²) < 4.78 is 5.64. The van der Waals surface area contributed by atoms with Crippen molar-refractivity contribution in [1.29, 1.82) is 5.26 Å². The number of ether oxygens (including phenoxy) is 1. The van der Waals surface area contributed by atoms with E-state index in [1.807, 2.05) is 13.8 Å². The second-order valence-corrected chi connectivity index (χ2v) is 3.93. The van der Waals surface area contributed by atoms with Gasteiger partial charge in [0.1, 0.15) is 6.07 Å². The van der Waals surface area contributed by atoms with Crippen molar-refractivity contribution in [3.8, 4) is 6.07 Å². The second kappa shape index (κ2) is 3.07. The molecular weight excluding hydrogens is 176 g/mol. The first-order valence-electron chi connectivity index (χ1n) is 4.66. The van der Waals surface area contributed by atoms with Crippen LogP contribution in [0.3, 0.4) is 0 Å². The third-order valence-corrected chi connectivity index (χ3v) is 2.64. The second-order valence-electron chi connectivity index (χ2n) is 3.93. The molecule has 1 aromatic heterocycles. The molecule has 3 heteroatoms. The minimum atomic E-state index is -0.312. The van der Waals surface area contributed by atoms with Gasteiger partial charge < -0.3 is 4.74 Å². The molecular formula is C11H12N2O. The van der Waals surface area contributed by atoms with Gasteiger partial charge in [-0.3, -0.25) is 4.98 Å². The Morgan fingerprint density at radius 1 is 1.50 bits per heavy atom. The van der Waals surface area contributed by atoms with Gasteiger partial charge in [0, 0.05) is 18.0 Å². The van der Waals surface area contributed by atoms with Gasteiger partial charge in [-0.2, -0.15) is 5.26 Å². The lowest BCUT2D eigenvalue weighted by Crippen LogP contribution is -2.30. The monoisotopic (exact) mass is 188 g/mol. The first-order valence-corrected chi connectivity index (χ1v) is 4.66. The van der Waals surface area contributed by atoms with E-state index in [1.165, 1.54) is 0 Å². The third kappa shape index (κ3) is 1.28. The summed E-state index contributed by atoms with van der Waals surface area (Å²) in [5.74, 6) is 0. The van der Waals surface area contributed by atoms with Crippen molar-refractivity contribution in [2.24, 2.45) is 0 Å². The van der Waals surface area contributed by atoms with Crippen LogP contribution in [-0.4, -0.2) is 11.6 Å². The Morgan fingerprint density at radius 2 is 2.29 bits per heavy atom. The van der Waals surface area contributed by atoms with Crippen molar-refractivity contribution in [2.45, 2.75) is 25.9 Å². The van der Waals surface area contributed by atoms with E-state index >= 15 is 0 Å². The molecule has 1 aromatic rings. The van der Waals surface area contributed by atoms with E-state index in [2.05, 4.69) is 11.1 Å². The van der Waals surface area contributed by atoms with Crippen LogP contribution in [-0.2, 0) is 16.8 Å². The van der Waals surface area contributed by atoms with Crippen LogP contribution >= 0.6 is 0 Å². The molecule has 1 aliphatic rings. The molecule has 0 aliphatic carbocycles. The minimum Gasteiger partial charge on any atom is -0.370 e. The largest absolute Gasteiger partial charge is 0.370 e. The molecule has 0 spiro atoms. The molecule has 14 heavy (non-hydrogen) atoms. The summed E-state index contributed by atoms with van der Waals surface area (Å²) >= 11 is 0. The molecule has 1 aliphatic heterocycles. The van der Waals surface area contributed by atoms with Crippen molar-refractivity contribution >= 4 is 0 Å². The number of nitrogens with zero attached hydrogens (tertiary/aromatic N) is 2. The first kappa shape index (κ1) is 9.17. The standard InChI is InChI=1S/C11H12N2O/c1-11(2)10-7-13-6-8(5-12)9(10)3-4-14-11/h6-7H,3-4H2,1-2H3.